The van der Waals surface area contributed by atoms with Crippen molar-refractivity contribution in [2.24, 2.45) is 5.73 Å². The van der Waals surface area contributed by atoms with Gasteiger partial charge in [0, 0.05) is 26.8 Å². The first-order valence-corrected chi connectivity index (χ1v) is 3.87. The molecule has 0 bridgehead atoms. The zero-order valence-corrected chi connectivity index (χ0v) is 7.25. The summed E-state index contributed by atoms with van der Waals surface area (Å²) in [5, 5.41) is 11.4. The summed E-state index contributed by atoms with van der Waals surface area (Å²) in [6.45, 7) is 1.05. The Balaban J connectivity index is 3.31. The third kappa shape index (κ3) is 5.06. The van der Waals surface area contributed by atoms with Crippen LogP contribution in [0.1, 0.15) is 6.42 Å². The lowest BCUT2D eigenvalue weighted by Crippen LogP contribution is -2.39. The van der Waals surface area contributed by atoms with Crippen molar-refractivity contribution in [3.63, 3.8) is 0 Å². The number of aliphatic hydroxyl groups excluding tert-OH is 1. The maximum atomic E-state index is 10.9. The van der Waals surface area contributed by atoms with Crippen LogP contribution >= 0.6 is 0 Å². The number of aliphatic hydroxyl groups is 1. The number of nitrogens with two attached hydrogens (primary N) is 1. The molecule has 1 amide bonds. The van der Waals surface area contributed by atoms with Crippen LogP contribution in [0.2, 0.25) is 0 Å². The summed E-state index contributed by atoms with van der Waals surface area (Å²) in [6.07, 6.45) is -0.355. The molecule has 0 aliphatic carbocycles. The van der Waals surface area contributed by atoms with Crippen LogP contribution < -0.4 is 11.1 Å². The van der Waals surface area contributed by atoms with E-state index in [1.165, 1.54) is 0 Å². The van der Waals surface area contributed by atoms with Crippen molar-refractivity contribution in [3.05, 3.63) is 0 Å². The predicted molar refractivity (Wildman–Crippen MR) is 44.6 cm³/mol. The van der Waals surface area contributed by atoms with Crippen LogP contribution in [0.5, 0.6) is 0 Å². The normalized spacial score (nSPS) is 12.6. The van der Waals surface area contributed by atoms with Gasteiger partial charge in [-0.15, -0.1) is 0 Å². The summed E-state index contributed by atoms with van der Waals surface area (Å²) in [5.41, 5.74) is 5.07. The molecule has 0 aromatic carbocycles. The highest BCUT2D eigenvalue weighted by atomic mass is 16.5. The highest BCUT2D eigenvalue weighted by Gasteiger charge is 2.10. The maximum absolute atomic E-state index is 10.9. The summed E-state index contributed by atoms with van der Waals surface area (Å²) >= 11 is 0. The van der Waals surface area contributed by atoms with Crippen molar-refractivity contribution in [2.75, 3.05) is 26.8 Å². The number of carbonyl (C=O) groups is 1. The summed E-state index contributed by atoms with van der Waals surface area (Å²) in [6, 6.07) is 0. The highest BCUT2D eigenvalue weighted by Crippen LogP contribution is 1.81. The lowest BCUT2D eigenvalue weighted by atomic mass is 10.3. The van der Waals surface area contributed by atoms with E-state index in [0.29, 0.717) is 13.2 Å². The molecule has 0 aliphatic heterocycles. The Labute approximate surface area is 71.9 Å². The molecule has 4 N–H and O–H groups in total. The minimum absolute atomic E-state index is 0.0455. The van der Waals surface area contributed by atoms with Gasteiger partial charge >= 0.3 is 0 Å². The number of hydrogen-bond donors (Lipinski definition) is 3. The fraction of sp³-hybridized carbons (Fsp3) is 0.857. The molecule has 0 heterocycles. The van der Waals surface area contributed by atoms with Gasteiger partial charge in [0.1, 0.15) is 6.10 Å². The topological polar surface area (TPSA) is 84.6 Å². The minimum Gasteiger partial charge on any atom is -0.385 e. The van der Waals surface area contributed by atoms with Gasteiger partial charge in [-0.05, 0) is 6.42 Å². The Morgan fingerprint density at radius 1 is 1.75 bits per heavy atom. The second-order valence-electron chi connectivity index (χ2n) is 2.39. The van der Waals surface area contributed by atoms with Gasteiger partial charge in [0.15, 0.2) is 0 Å². The van der Waals surface area contributed by atoms with E-state index < -0.39 is 12.0 Å². The Morgan fingerprint density at radius 2 is 2.42 bits per heavy atom. The van der Waals surface area contributed by atoms with Gasteiger partial charge in [-0.25, -0.2) is 0 Å². The van der Waals surface area contributed by atoms with Crippen molar-refractivity contribution in [3.8, 4) is 0 Å². The van der Waals surface area contributed by atoms with E-state index >= 15 is 0 Å². The molecule has 0 rings (SSSR count). The number of carbonyl (C=O) groups excluding carboxylic acids is 1. The summed E-state index contributed by atoms with van der Waals surface area (Å²) in [4.78, 5) is 10.9. The van der Waals surface area contributed by atoms with Crippen molar-refractivity contribution in [1.82, 2.24) is 5.32 Å². The van der Waals surface area contributed by atoms with Crippen LogP contribution in [0.3, 0.4) is 0 Å². The second-order valence-corrected chi connectivity index (χ2v) is 2.39. The Hall–Kier alpha value is -0.650. The Kier molecular flexibility index (Phi) is 6.64. The lowest BCUT2D eigenvalue weighted by molar-refractivity contribution is -0.128. The van der Waals surface area contributed by atoms with E-state index in [9.17, 15) is 4.79 Å². The monoisotopic (exact) mass is 176 g/mol. The van der Waals surface area contributed by atoms with Crippen LogP contribution in [0.4, 0.5) is 0 Å². The van der Waals surface area contributed by atoms with Gasteiger partial charge in [-0.1, -0.05) is 0 Å². The fourth-order valence-corrected chi connectivity index (χ4v) is 0.653. The fourth-order valence-electron chi connectivity index (χ4n) is 0.653. The minimum atomic E-state index is -1.09. The molecule has 0 saturated heterocycles. The molecule has 1 unspecified atom stereocenters. The zero-order chi connectivity index (χ0) is 9.40. The number of rotatable bonds is 6. The van der Waals surface area contributed by atoms with Crippen LogP contribution in [-0.2, 0) is 9.53 Å². The van der Waals surface area contributed by atoms with Crippen molar-refractivity contribution >= 4 is 5.91 Å². The lowest BCUT2D eigenvalue weighted by Gasteiger charge is -2.08. The van der Waals surface area contributed by atoms with Crippen LogP contribution in [0, 0.1) is 0 Å². The molecule has 5 nitrogen and oxygen atoms in total. The van der Waals surface area contributed by atoms with Gasteiger partial charge in [0.25, 0.3) is 0 Å². The first kappa shape index (κ1) is 11.4. The first-order valence-electron chi connectivity index (χ1n) is 3.87. The molecule has 0 spiro atoms. The van der Waals surface area contributed by atoms with Crippen LogP contribution in [-0.4, -0.2) is 43.9 Å². The molecule has 5 heteroatoms. The van der Waals surface area contributed by atoms with Gasteiger partial charge in [0.05, 0.1) is 0 Å². The van der Waals surface area contributed by atoms with Gasteiger partial charge < -0.3 is 20.9 Å². The highest BCUT2D eigenvalue weighted by molar-refractivity contribution is 5.80. The van der Waals surface area contributed by atoms with Crippen molar-refractivity contribution in [1.29, 1.82) is 0 Å². The van der Waals surface area contributed by atoms with E-state index in [2.05, 4.69) is 5.32 Å². The average molecular weight is 176 g/mol. The van der Waals surface area contributed by atoms with E-state index in [1.807, 2.05) is 0 Å². The summed E-state index contributed by atoms with van der Waals surface area (Å²) in [7, 11) is 1.59. The van der Waals surface area contributed by atoms with Crippen molar-refractivity contribution < 1.29 is 14.6 Å². The maximum Gasteiger partial charge on any atom is 0.250 e. The average Bonchev–Trinajstić information content (AvgIpc) is 2.10. The smallest absolute Gasteiger partial charge is 0.250 e. The molecule has 0 aliphatic rings. The van der Waals surface area contributed by atoms with E-state index in [1.54, 1.807) is 7.11 Å². The molecule has 0 aromatic heterocycles. The molecule has 0 radical (unpaired) electrons. The molecule has 12 heavy (non-hydrogen) atoms. The van der Waals surface area contributed by atoms with Gasteiger partial charge in [-0.3, -0.25) is 4.79 Å². The van der Waals surface area contributed by atoms with Gasteiger partial charge in [-0.2, -0.15) is 0 Å². The number of nitrogens with one attached hydrogen (secondary N) is 1. The molecule has 0 fully saturated rings. The standard InChI is InChI=1S/C7H16N2O3/c1-12-4-2-3-9-7(11)6(10)5-8/h6,10H,2-5,8H2,1H3,(H,9,11). The van der Waals surface area contributed by atoms with Crippen molar-refractivity contribution in [2.45, 2.75) is 12.5 Å². The number of methoxy groups -OCH3 is 1. The summed E-state index contributed by atoms with van der Waals surface area (Å²) in [5.74, 6) is -0.423. The number of amides is 1. The SMILES string of the molecule is COCCCNC(=O)C(O)CN. The Morgan fingerprint density at radius 3 is 2.92 bits per heavy atom. The van der Waals surface area contributed by atoms with E-state index in [4.69, 9.17) is 15.6 Å². The zero-order valence-electron chi connectivity index (χ0n) is 7.25. The summed E-state index contributed by atoms with van der Waals surface area (Å²) < 4.78 is 4.77. The third-order valence-corrected chi connectivity index (χ3v) is 1.35. The largest absolute Gasteiger partial charge is 0.385 e. The molecule has 72 valence electrons. The molecule has 0 saturated carbocycles. The van der Waals surface area contributed by atoms with Crippen LogP contribution in [0.15, 0.2) is 0 Å². The molecular weight excluding hydrogens is 160 g/mol. The quantitative estimate of drug-likeness (QED) is 0.428. The first-order chi connectivity index (χ1) is 5.72. The predicted octanol–water partition coefficient (Wildman–Crippen LogP) is -1.54. The van der Waals surface area contributed by atoms with Crippen LogP contribution in [0.25, 0.3) is 0 Å². The molecular formula is C7H16N2O3. The second kappa shape index (κ2) is 7.02. The molecule has 1 atom stereocenters. The van der Waals surface area contributed by atoms with Gasteiger partial charge in [0.2, 0.25) is 5.91 Å². The Bertz CT molecular complexity index is 130. The number of ether oxygens (including phenoxy) is 1. The van der Waals surface area contributed by atoms with E-state index in [-0.39, 0.29) is 6.54 Å². The third-order valence-electron chi connectivity index (χ3n) is 1.35. The number of hydrogen-bond acceptors (Lipinski definition) is 4. The van der Waals surface area contributed by atoms with E-state index in [0.717, 1.165) is 6.42 Å². The molecule has 0 aromatic rings.